The molecule has 3 heterocycles. The summed E-state index contributed by atoms with van der Waals surface area (Å²) in [7, 11) is -2.29. The predicted molar refractivity (Wildman–Crippen MR) is 121 cm³/mol. The van der Waals surface area contributed by atoms with E-state index in [9.17, 15) is 18.3 Å². The third-order valence-corrected chi connectivity index (χ3v) is 7.49. The van der Waals surface area contributed by atoms with E-state index in [1.54, 1.807) is 12.1 Å². The second kappa shape index (κ2) is 7.78. The molecule has 1 saturated heterocycles. The standard InChI is InChI=1S/C19H20IN5O4S/c1-11-4-3-5-24(11)13-6-12(7-14(8-13)30(28,29)21-2)16-9-22-18-17(23-16)15(20)10-25(18)19(26)27/h6-11,21H,3-5H2,1-2H3,(H,26,27)/t11-/m1/s1. The maximum absolute atomic E-state index is 12.5. The van der Waals surface area contributed by atoms with Crippen molar-refractivity contribution in [3.63, 3.8) is 0 Å². The molecule has 11 heteroatoms. The minimum absolute atomic E-state index is 0.149. The molecule has 3 aromatic rings. The summed E-state index contributed by atoms with van der Waals surface area (Å²) in [6.45, 7) is 2.97. The number of benzene rings is 1. The van der Waals surface area contributed by atoms with Crippen LogP contribution in [0.15, 0.2) is 35.5 Å². The molecule has 0 saturated carbocycles. The van der Waals surface area contributed by atoms with Gasteiger partial charge >= 0.3 is 6.09 Å². The Labute approximate surface area is 187 Å². The highest BCUT2D eigenvalue weighted by molar-refractivity contribution is 14.1. The van der Waals surface area contributed by atoms with Crippen molar-refractivity contribution >= 4 is 55.6 Å². The number of rotatable bonds is 4. The van der Waals surface area contributed by atoms with Crippen molar-refractivity contribution in [2.24, 2.45) is 0 Å². The molecule has 1 aromatic carbocycles. The Morgan fingerprint density at radius 2 is 2.10 bits per heavy atom. The van der Waals surface area contributed by atoms with Gasteiger partial charge in [0.1, 0.15) is 5.52 Å². The summed E-state index contributed by atoms with van der Waals surface area (Å²) < 4.78 is 29.1. The summed E-state index contributed by atoms with van der Waals surface area (Å²) in [5.41, 5.74) is 2.58. The zero-order chi connectivity index (χ0) is 21.6. The Morgan fingerprint density at radius 3 is 2.73 bits per heavy atom. The van der Waals surface area contributed by atoms with Crippen molar-refractivity contribution < 1.29 is 18.3 Å². The van der Waals surface area contributed by atoms with E-state index in [0.29, 0.717) is 26.4 Å². The lowest BCUT2D eigenvalue weighted by Gasteiger charge is -2.25. The van der Waals surface area contributed by atoms with Crippen LogP contribution in [0.5, 0.6) is 0 Å². The van der Waals surface area contributed by atoms with Crippen molar-refractivity contribution in [1.29, 1.82) is 0 Å². The Kier molecular flexibility index (Phi) is 5.45. The first-order valence-corrected chi connectivity index (χ1v) is 11.9. The van der Waals surface area contributed by atoms with E-state index in [4.69, 9.17) is 0 Å². The maximum atomic E-state index is 12.5. The number of carboxylic acid groups (broad SMARTS) is 1. The molecular weight excluding hydrogens is 521 g/mol. The molecule has 1 fully saturated rings. The van der Waals surface area contributed by atoms with Crippen LogP contribution in [0, 0.1) is 3.57 Å². The van der Waals surface area contributed by atoms with E-state index in [0.717, 1.165) is 29.6 Å². The van der Waals surface area contributed by atoms with E-state index >= 15 is 0 Å². The second-order valence-corrected chi connectivity index (χ2v) is 10.2. The SMILES string of the molecule is CNS(=O)(=O)c1cc(-c2cnc3c(n2)c(I)cn3C(=O)O)cc(N2CCC[C@H]2C)c1. The zero-order valence-corrected chi connectivity index (χ0v) is 19.3. The summed E-state index contributed by atoms with van der Waals surface area (Å²) in [5, 5.41) is 9.33. The van der Waals surface area contributed by atoms with Gasteiger partial charge in [-0.05, 0) is 67.6 Å². The van der Waals surface area contributed by atoms with Crippen LogP contribution in [-0.4, -0.2) is 53.8 Å². The molecule has 0 radical (unpaired) electrons. The topological polar surface area (TPSA) is 117 Å². The highest BCUT2D eigenvalue weighted by Gasteiger charge is 2.24. The van der Waals surface area contributed by atoms with Crippen LogP contribution < -0.4 is 9.62 Å². The molecule has 0 spiro atoms. The first-order chi connectivity index (χ1) is 14.2. The average Bonchev–Trinajstić information content (AvgIpc) is 3.30. The van der Waals surface area contributed by atoms with Crippen LogP contribution in [-0.2, 0) is 10.0 Å². The first-order valence-electron chi connectivity index (χ1n) is 9.34. The minimum Gasteiger partial charge on any atom is -0.464 e. The lowest BCUT2D eigenvalue weighted by Crippen LogP contribution is -2.27. The molecule has 30 heavy (non-hydrogen) atoms. The van der Waals surface area contributed by atoms with Gasteiger partial charge < -0.3 is 10.0 Å². The molecule has 1 aliphatic heterocycles. The van der Waals surface area contributed by atoms with Crippen LogP contribution in [0.3, 0.4) is 0 Å². The molecule has 2 aromatic heterocycles. The van der Waals surface area contributed by atoms with Gasteiger partial charge in [0.15, 0.2) is 5.65 Å². The first kappa shape index (κ1) is 21.0. The molecule has 0 aliphatic carbocycles. The van der Waals surface area contributed by atoms with E-state index in [1.165, 1.54) is 19.4 Å². The Balaban J connectivity index is 1.90. The zero-order valence-electron chi connectivity index (χ0n) is 16.3. The fraction of sp³-hybridized carbons (Fsp3) is 0.316. The second-order valence-electron chi connectivity index (χ2n) is 7.16. The number of anilines is 1. The third-order valence-electron chi connectivity index (χ3n) is 5.31. The molecule has 1 aliphatic rings. The monoisotopic (exact) mass is 541 g/mol. The van der Waals surface area contributed by atoms with E-state index in [-0.39, 0.29) is 10.5 Å². The summed E-state index contributed by atoms with van der Waals surface area (Å²) in [6.07, 6.45) is 3.88. The van der Waals surface area contributed by atoms with Crippen molar-refractivity contribution in [2.45, 2.75) is 30.7 Å². The maximum Gasteiger partial charge on any atom is 0.417 e. The fourth-order valence-electron chi connectivity index (χ4n) is 3.73. The van der Waals surface area contributed by atoms with Crippen LogP contribution in [0.25, 0.3) is 22.4 Å². The Hall–Kier alpha value is -2.25. The number of fused-ring (bicyclic) bond motifs is 1. The molecule has 9 nitrogen and oxygen atoms in total. The molecule has 0 unspecified atom stereocenters. The molecule has 1 atom stereocenters. The number of hydrogen-bond donors (Lipinski definition) is 2. The van der Waals surface area contributed by atoms with E-state index in [1.807, 2.05) is 28.7 Å². The average molecular weight is 541 g/mol. The third kappa shape index (κ3) is 3.65. The number of nitrogens with zero attached hydrogens (tertiary/aromatic N) is 4. The summed E-state index contributed by atoms with van der Waals surface area (Å²) in [4.78, 5) is 22.6. The Morgan fingerprint density at radius 1 is 1.33 bits per heavy atom. The quantitative estimate of drug-likeness (QED) is 0.488. The highest BCUT2D eigenvalue weighted by Crippen LogP contribution is 2.33. The van der Waals surface area contributed by atoms with Gasteiger partial charge in [0, 0.05) is 30.0 Å². The summed E-state index contributed by atoms with van der Waals surface area (Å²) in [6, 6.07) is 5.46. The molecule has 0 amide bonds. The predicted octanol–water partition coefficient (Wildman–Crippen LogP) is 3.13. The number of carbonyl (C=O) groups is 1. The molecular formula is C19H20IN5O4S. The lowest BCUT2D eigenvalue weighted by molar-refractivity contribution is 0.197. The van der Waals surface area contributed by atoms with Crippen molar-refractivity contribution in [2.75, 3.05) is 18.5 Å². The van der Waals surface area contributed by atoms with Gasteiger partial charge in [-0.15, -0.1) is 0 Å². The van der Waals surface area contributed by atoms with Crippen LogP contribution in [0.4, 0.5) is 10.5 Å². The summed E-state index contributed by atoms with van der Waals surface area (Å²) >= 11 is 2.01. The van der Waals surface area contributed by atoms with Crippen LogP contribution in [0.1, 0.15) is 19.8 Å². The lowest BCUT2D eigenvalue weighted by atomic mass is 10.1. The highest BCUT2D eigenvalue weighted by atomic mass is 127. The number of sulfonamides is 1. The normalized spacial score (nSPS) is 17.0. The molecule has 4 rings (SSSR count). The molecule has 0 bridgehead atoms. The van der Waals surface area contributed by atoms with Crippen molar-refractivity contribution in [3.8, 4) is 11.3 Å². The van der Waals surface area contributed by atoms with Gasteiger partial charge in [0.05, 0.1) is 20.4 Å². The number of nitrogens with one attached hydrogen (secondary N) is 1. The number of hydrogen-bond acceptors (Lipinski definition) is 6. The van der Waals surface area contributed by atoms with Gasteiger partial charge in [0.2, 0.25) is 10.0 Å². The fourth-order valence-corrected chi connectivity index (χ4v) is 5.16. The number of halogens is 1. The molecule has 2 N–H and O–H groups in total. The smallest absolute Gasteiger partial charge is 0.417 e. The van der Waals surface area contributed by atoms with Gasteiger partial charge in [-0.3, -0.25) is 0 Å². The summed E-state index contributed by atoms with van der Waals surface area (Å²) in [5.74, 6) is 0. The van der Waals surface area contributed by atoms with E-state index < -0.39 is 16.1 Å². The van der Waals surface area contributed by atoms with Gasteiger partial charge in [-0.2, -0.15) is 0 Å². The largest absolute Gasteiger partial charge is 0.464 e. The van der Waals surface area contributed by atoms with Crippen LogP contribution in [0.2, 0.25) is 0 Å². The van der Waals surface area contributed by atoms with Crippen LogP contribution >= 0.6 is 22.6 Å². The van der Waals surface area contributed by atoms with Crippen molar-refractivity contribution in [3.05, 3.63) is 34.2 Å². The van der Waals surface area contributed by atoms with Gasteiger partial charge in [0.25, 0.3) is 0 Å². The van der Waals surface area contributed by atoms with E-state index in [2.05, 4.69) is 26.5 Å². The van der Waals surface area contributed by atoms with Gasteiger partial charge in [-0.25, -0.2) is 32.5 Å². The van der Waals surface area contributed by atoms with Crippen molar-refractivity contribution in [1.82, 2.24) is 19.3 Å². The minimum atomic E-state index is -3.66. The Bertz CT molecular complexity index is 1260. The van der Waals surface area contributed by atoms with Gasteiger partial charge in [-0.1, -0.05) is 0 Å². The number of aromatic nitrogens is 3. The molecule has 158 valence electrons.